The van der Waals surface area contributed by atoms with Gasteiger partial charge in [0.1, 0.15) is 35.9 Å². The number of anilines is 2. The Bertz CT molecular complexity index is 1060. The van der Waals surface area contributed by atoms with Gasteiger partial charge < -0.3 is 30.6 Å². The van der Waals surface area contributed by atoms with E-state index in [0.717, 1.165) is 18.5 Å². The highest BCUT2D eigenvalue weighted by molar-refractivity contribution is 6.34. The SMILES string of the molecule is N=CC1C(Nc2c(F)cccc2Cl)=NCN=C1OC(COCCO)C(=O)Nc1ccc(F)cn1. The van der Waals surface area contributed by atoms with E-state index in [1.165, 1.54) is 24.3 Å². The molecule has 3 rings (SSSR count). The van der Waals surface area contributed by atoms with E-state index in [0.29, 0.717) is 0 Å². The number of rotatable bonds is 9. The first kappa shape index (κ1) is 25.1. The predicted octanol–water partition coefficient (Wildman–Crippen LogP) is 2.49. The van der Waals surface area contributed by atoms with E-state index in [9.17, 15) is 13.6 Å². The molecule has 2 heterocycles. The van der Waals surface area contributed by atoms with Crippen molar-refractivity contribution in [3.8, 4) is 0 Å². The molecule has 1 amide bonds. The van der Waals surface area contributed by atoms with Crippen LogP contribution < -0.4 is 10.6 Å². The van der Waals surface area contributed by atoms with E-state index >= 15 is 0 Å². The molecule has 2 atom stereocenters. The lowest BCUT2D eigenvalue weighted by Crippen LogP contribution is -2.42. The topological polar surface area (TPSA) is 141 Å². The van der Waals surface area contributed by atoms with Crippen molar-refractivity contribution in [3.05, 3.63) is 53.2 Å². The third-order valence-corrected chi connectivity index (χ3v) is 4.76. The molecule has 0 spiro atoms. The molecule has 1 aromatic carbocycles. The quantitative estimate of drug-likeness (QED) is 0.312. The molecule has 0 saturated carbocycles. The van der Waals surface area contributed by atoms with Gasteiger partial charge in [-0.1, -0.05) is 17.7 Å². The number of nitrogens with zero attached hydrogens (tertiary/aromatic N) is 3. The Morgan fingerprint density at radius 3 is 2.82 bits per heavy atom. The monoisotopic (exact) mass is 494 g/mol. The zero-order valence-corrected chi connectivity index (χ0v) is 18.4. The number of aliphatic imine (C=N–C) groups is 2. The van der Waals surface area contributed by atoms with Crippen LogP contribution in [0.5, 0.6) is 0 Å². The summed E-state index contributed by atoms with van der Waals surface area (Å²) >= 11 is 6.06. The lowest BCUT2D eigenvalue weighted by Gasteiger charge is -2.26. The number of carbonyl (C=O) groups is 1. The zero-order valence-electron chi connectivity index (χ0n) is 17.7. The fraction of sp³-hybridized carbons (Fsp3) is 0.286. The minimum absolute atomic E-state index is 0.0287. The summed E-state index contributed by atoms with van der Waals surface area (Å²) in [5, 5.41) is 22.1. The summed E-state index contributed by atoms with van der Waals surface area (Å²) < 4.78 is 38.3. The molecule has 1 aliphatic rings. The molecule has 0 bridgehead atoms. The van der Waals surface area contributed by atoms with Gasteiger partial charge in [0.05, 0.1) is 36.7 Å². The summed E-state index contributed by atoms with van der Waals surface area (Å²) in [6.07, 6.45) is 0.631. The highest BCUT2D eigenvalue weighted by atomic mass is 35.5. The Kier molecular flexibility index (Phi) is 8.96. The van der Waals surface area contributed by atoms with Crippen molar-refractivity contribution >= 4 is 47.0 Å². The van der Waals surface area contributed by atoms with Gasteiger partial charge in [0.25, 0.3) is 5.91 Å². The summed E-state index contributed by atoms with van der Waals surface area (Å²) in [6.45, 7) is -0.708. The minimum Gasteiger partial charge on any atom is -0.464 e. The zero-order chi connectivity index (χ0) is 24.5. The second-order valence-corrected chi connectivity index (χ2v) is 7.21. The van der Waals surface area contributed by atoms with Crippen molar-refractivity contribution in [2.24, 2.45) is 15.9 Å². The second kappa shape index (κ2) is 12.1. The number of aliphatic hydroxyl groups excluding tert-OH is 1. The first-order chi connectivity index (χ1) is 16.4. The normalized spacial score (nSPS) is 16.2. The molecule has 2 unspecified atom stereocenters. The number of hydrogen-bond acceptors (Lipinski definition) is 9. The molecule has 180 valence electrons. The number of carbonyl (C=O) groups excluding carboxylic acids is 1. The van der Waals surface area contributed by atoms with Crippen molar-refractivity contribution in [2.45, 2.75) is 6.10 Å². The molecule has 34 heavy (non-hydrogen) atoms. The number of halogens is 3. The van der Waals surface area contributed by atoms with Crippen LogP contribution in [0.25, 0.3) is 0 Å². The summed E-state index contributed by atoms with van der Waals surface area (Å²) in [6, 6.07) is 6.54. The minimum atomic E-state index is -1.27. The van der Waals surface area contributed by atoms with Crippen molar-refractivity contribution in [1.82, 2.24) is 4.98 Å². The Balaban J connectivity index is 1.76. The smallest absolute Gasteiger partial charge is 0.269 e. The molecule has 1 aliphatic heterocycles. The van der Waals surface area contributed by atoms with Gasteiger partial charge in [0.2, 0.25) is 12.0 Å². The molecular weight excluding hydrogens is 474 g/mol. The fourth-order valence-electron chi connectivity index (χ4n) is 2.84. The fourth-order valence-corrected chi connectivity index (χ4v) is 3.05. The number of para-hydroxylation sites is 1. The number of aliphatic hydroxyl groups is 1. The van der Waals surface area contributed by atoms with Crippen LogP contribution in [0.3, 0.4) is 0 Å². The van der Waals surface area contributed by atoms with Crippen LogP contribution in [0.4, 0.5) is 20.3 Å². The lowest BCUT2D eigenvalue weighted by molar-refractivity contribution is -0.126. The molecule has 0 aliphatic carbocycles. The van der Waals surface area contributed by atoms with Gasteiger partial charge in [-0.2, -0.15) is 0 Å². The number of hydrogen-bond donors (Lipinski definition) is 4. The number of benzene rings is 1. The number of amides is 1. The molecule has 10 nitrogen and oxygen atoms in total. The predicted molar refractivity (Wildman–Crippen MR) is 123 cm³/mol. The van der Waals surface area contributed by atoms with E-state index in [1.807, 2.05) is 0 Å². The van der Waals surface area contributed by atoms with E-state index in [1.54, 1.807) is 0 Å². The third kappa shape index (κ3) is 6.53. The van der Waals surface area contributed by atoms with Crippen LogP contribution in [0, 0.1) is 23.0 Å². The molecule has 0 saturated heterocycles. The van der Waals surface area contributed by atoms with Crippen molar-refractivity contribution < 1.29 is 28.2 Å². The molecule has 0 fully saturated rings. The molecular formula is C21H21ClF2N6O4. The van der Waals surface area contributed by atoms with E-state index < -0.39 is 29.6 Å². The van der Waals surface area contributed by atoms with Gasteiger partial charge in [-0.3, -0.25) is 4.79 Å². The van der Waals surface area contributed by atoms with Crippen LogP contribution in [-0.2, 0) is 14.3 Å². The van der Waals surface area contributed by atoms with Crippen LogP contribution in [0.1, 0.15) is 0 Å². The first-order valence-electron chi connectivity index (χ1n) is 10.0. The largest absolute Gasteiger partial charge is 0.464 e. The number of aromatic nitrogens is 1. The van der Waals surface area contributed by atoms with Gasteiger partial charge in [0.15, 0.2) is 0 Å². The highest BCUT2D eigenvalue weighted by Gasteiger charge is 2.31. The number of pyridine rings is 1. The summed E-state index contributed by atoms with van der Waals surface area (Å²) in [4.78, 5) is 24.8. The summed E-state index contributed by atoms with van der Waals surface area (Å²) in [5.41, 5.74) is -0.0287. The maximum absolute atomic E-state index is 14.2. The van der Waals surface area contributed by atoms with Crippen LogP contribution in [0.2, 0.25) is 5.02 Å². The van der Waals surface area contributed by atoms with Crippen LogP contribution >= 0.6 is 11.6 Å². The van der Waals surface area contributed by atoms with Crippen molar-refractivity contribution in [1.29, 1.82) is 5.41 Å². The molecule has 1 aromatic heterocycles. The summed E-state index contributed by atoms with van der Waals surface area (Å²) in [5.74, 6) is -2.67. The second-order valence-electron chi connectivity index (χ2n) is 6.80. The molecule has 4 N–H and O–H groups in total. The number of nitrogens with one attached hydrogen (secondary N) is 3. The van der Waals surface area contributed by atoms with Gasteiger partial charge in [-0.15, -0.1) is 0 Å². The van der Waals surface area contributed by atoms with Crippen molar-refractivity contribution in [2.75, 3.05) is 37.1 Å². The van der Waals surface area contributed by atoms with Gasteiger partial charge in [-0.05, 0) is 24.3 Å². The summed E-state index contributed by atoms with van der Waals surface area (Å²) in [7, 11) is 0. The number of ether oxygens (including phenoxy) is 2. The van der Waals surface area contributed by atoms with Gasteiger partial charge >= 0.3 is 0 Å². The first-order valence-corrected chi connectivity index (χ1v) is 10.4. The standard InChI is InChI=1S/C21H21ClF2N6O4/c22-14-2-1-3-15(24)18(14)30-19-13(8-25)21(28-11-27-19)34-16(10-33-7-6-31)20(32)29-17-5-4-12(23)9-26-17/h1-5,8-9,13,16,25,31H,6-7,10-11H2,(H,27,30)(H,26,29,32). The Morgan fingerprint density at radius 1 is 1.32 bits per heavy atom. The Labute approximate surface area is 198 Å². The van der Waals surface area contributed by atoms with Crippen LogP contribution in [-0.4, -0.2) is 66.5 Å². The van der Waals surface area contributed by atoms with E-state index in [-0.39, 0.29) is 54.8 Å². The maximum Gasteiger partial charge on any atom is 0.269 e. The van der Waals surface area contributed by atoms with E-state index in [4.69, 9.17) is 31.6 Å². The van der Waals surface area contributed by atoms with Gasteiger partial charge in [0, 0.05) is 6.21 Å². The maximum atomic E-state index is 14.2. The van der Waals surface area contributed by atoms with Gasteiger partial charge in [-0.25, -0.2) is 23.7 Å². The van der Waals surface area contributed by atoms with E-state index in [2.05, 4.69) is 25.6 Å². The van der Waals surface area contributed by atoms with Crippen molar-refractivity contribution in [3.63, 3.8) is 0 Å². The van der Waals surface area contributed by atoms with Crippen LogP contribution in [0.15, 0.2) is 46.5 Å². The average Bonchev–Trinajstić information content (AvgIpc) is 2.82. The molecule has 13 heteroatoms. The average molecular weight is 495 g/mol. The Hall–Kier alpha value is -3.48. The number of amidine groups is 1. The Morgan fingerprint density at radius 2 is 2.15 bits per heavy atom. The lowest BCUT2D eigenvalue weighted by atomic mass is 10.1. The molecule has 2 aromatic rings. The molecule has 0 radical (unpaired) electrons. The third-order valence-electron chi connectivity index (χ3n) is 4.45. The highest BCUT2D eigenvalue weighted by Crippen LogP contribution is 2.26.